The smallest absolute Gasteiger partial charge is 0.406 e. The molecule has 1 fully saturated rings. The molecule has 0 amide bonds. The van der Waals surface area contributed by atoms with Crippen LogP contribution < -0.4 is 10.5 Å². The summed E-state index contributed by atoms with van der Waals surface area (Å²) in [7, 11) is 0. The third-order valence-corrected chi connectivity index (χ3v) is 2.56. The van der Waals surface area contributed by atoms with E-state index in [0.29, 0.717) is 12.2 Å². The first-order valence-electron chi connectivity index (χ1n) is 5.67. The lowest BCUT2D eigenvalue weighted by molar-refractivity contribution is -0.274. The summed E-state index contributed by atoms with van der Waals surface area (Å²) in [5.74, 6) is -0.262. The Kier molecular flexibility index (Phi) is 3.77. The van der Waals surface area contributed by atoms with Crippen LogP contribution in [0.3, 0.4) is 0 Å². The molecular weight excluding hydrogens is 247 g/mol. The van der Waals surface area contributed by atoms with E-state index in [0.717, 1.165) is 12.8 Å². The summed E-state index contributed by atoms with van der Waals surface area (Å²) in [6, 6.07) is 5.22. The Hall–Kier alpha value is -1.27. The van der Waals surface area contributed by atoms with Gasteiger partial charge in [0.2, 0.25) is 0 Å². The second-order valence-corrected chi connectivity index (χ2v) is 4.26. The maximum Gasteiger partial charge on any atom is 0.573 e. The predicted molar refractivity (Wildman–Crippen MR) is 59.0 cm³/mol. The van der Waals surface area contributed by atoms with Crippen LogP contribution in [0.25, 0.3) is 0 Å². The van der Waals surface area contributed by atoms with Gasteiger partial charge in [0.15, 0.2) is 0 Å². The lowest BCUT2D eigenvalue weighted by Crippen LogP contribution is -2.19. The Labute approximate surface area is 103 Å². The zero-order valence-electron chi connectivity index (χ0n) is 9.61. The highest BCUT2D eigenvalue weighted by Crippen LogP contribution is 2.27. The lowest BCUT2D eigenvalue weighted by Gasteiger charge is -2.14. The average Bonchev–Trinajstić information content (AvgIpc) is 3.07. The van der Waals surface area contributed by atoms with Crippen molar-refractivity contribution in [1.29, 1.82) is 0 Å². The summed E-state index contributed by atoms with van der Waals surface area (Å²) in [4.78, 5) is 0. The third kappa shape index (κ3) is 4.19. The van der Waals surface area contributed by atoms with Crippen molar-refractivity contribution in [3.05, 3.63) is 29.8 Å². The van der Waals surface area contributed by atoms with E-state index < -0.39 is 12.4 Å². The second kappa shape index (κ2) is 5.16. The Bertz CT molecular complexity index is 405. The Morgan fingerprint density at radius 1 is 1.33 bits per heavy atom. The van der Waals surface area contributed by atoms with Crippen molar-refractivity contribution in [3.63, 3.8) is 0 Å². The van der Waals surface area contributed by atoms with Crippen LogP contribution >= 0.6 is 0 Å². The first kappa shape index (κ1) is 13.2. The largest absolute Gasteiger partial charge is 0.573 e. The molecule has 0 aliphatic heterocycles. The number of ether oxygens (including phenoxy) is 2. The molecule has 3 nitrogen and oxygen atoms in total. The molecule has 0 bridgehead atoms. The van der Waals surface area contributed by atoms with Crippen molar-refractivity contribution in [2.24, 2.45) is 5.73 Å². The van der Waals surface area contributed by atoms with Gasteiger partial charge < -0.3 is 15.2 Å². The van der Waals surface area contributed by atoms with Gasteiger partial charge >= 0.3 is 6.36 Å². The minimum atomic E-state index is -4.69. The van der Waals surface area contributed by atoms with Crippen LogP contribution in [0.5, 0.6) is 5.75 Å². The first-order chi connectivity index (χ1) is 8.44. The van der Waals surface area contributed by atoms with E-state index in [1.165, 1.54) is 18.2 Å². The number of halogens is 3. The normalized spacial score (nSPS) is 17.6. The topological polar surface area (TPSA) is 44.5 Å². The van der Waals surface area contributed by atoms with E-state index in [9.17, 15) is 13.2 Å². The number of benzene rings is 1. The summed E-state index contributed by atoms with van der Waals surface area (Å²) < 4.78 is 45.4. The van der Waals surface area contributed by atoms with Crippen molar-refractivity contribution in [3.8, 4) is 5.75 Å². The average molecular weight is 261 g/mol. The van der Waals surface area contributed by atoms with Crippen molar-refractivity contribution >= 4 is 0 Å². The fourth-order valence-corrected chi connectivity index (χ4v) is 1.51. The number of alkyl halides is 3. The molecule has 0 unspecified atom stereocenters. The third-order valence-electron chi connectivity index (χ3n) is 2.56. The number of nitrogens with two attached hydrogens (primary N) is 1. The molecule has 0 saturated heterocycles. The number of hydrogen-bond donors (Lipinski definition) is 1. The fraction of sp³-hybridized carbons (Fsp3) is 0.500. The van der Waals surface area contributed by atoms with Crippen molar-refractivity contribution in [2.45, 2.75) is 31.3 Å². The van der Waals surface area contributed by atoms with Gasteiger partial charge in [0.05, 0.1) is 18.8 Å². The highest BCUT2D eigenvalue weighted by Gasteiger charge is 2.31. The van der Waals surface area contributed by atoms with Crippen LogP contribution in [0.1, 0.15) is 24.4 Å². The van der Waals surface area contributed by atoms with Crippen LogP contribution in [0, 0.1) is 0 Å². The van der Waals surface area contributed by atoms with Gasteiger partial charge in [-0.15, -0.1) is 13.2 Å². The number of hydrogen-bond acceptors (Lipinski definition) is 3. The van der Waals surface area contributed by atoms with E-state index in [1.54, 1.807) is 6.07 Å². The van der Waals surface area contributed by atoms with Gasteiger partial charge in [-0.05, 0) is 30.5 Å². The Morgan fingerprint density at radius 3 is 2.67 bits per heavy atom. The Balaban J connectivity index is 1.96. The molecule has 0 heterocycles. The minimum absolute atomic E-state index is 0.262. The van der Waals surface area contributed by atoms with Gasteiger partial charge in [0, 0.05) is 0 Å². The van der Waals surface area contributed by atoms with Crippen LogP contribution in [0.15, 0.2) is 24.3 Å². The highest BCUT2D eigenvalue weighted by atomic mass is 19.4. The van der Waals surface area contributed by atoms with Crippen molar-refractivity contribution < 1.29 is 22.6 Å². The van der Waals surface area contributed by atoms with Gasteiger partial charge in [0.25, 0.3) is 0 Å². The molecule has 1 atom stereocenters. The summed E-state index contributed by atoms with van der Waals surface area (Å²) in [5, 5.41) is 0. The molecule has 18 heavy (non-hydrogen) atoms. The molecule has 1 aliphatic carbocycles. The van der Waals surface area contributed by atoms with Gasteiger partial charge in [-0.3, -0.25) is 0 Å². The quantitative estimate of drug-likeness (QED) is 0.886. The molecule has 1 aromatic carbocycles. The SMILES string of the molecule is N[C@@H](COC1CC1)c1cccc(OC(F)(F)F)c1. The Morgan fingerprint density at radius 2 is 2.06 bits per heavy atom. The van der Waals surface area contributed by atoms with E-state index in [4.69, 9.17) is 10.5 Å². The van der Waals surface area contributed by atoms with Crippen LogP contribution in [0.4, 0.5) is 13.2 Å². The molecule has 1 saturated carbocycles. The summed E-state index contributed by atoms with van der Waals surface area (Å²) in [5.41, 5.74) is 6.41. The highest BCUT2D eigenvalue weighted by molar-refractivity contribution is 5.30. The second-order valence-electron chi connectivity index (χ2n) is 4.26. The molecule has 0 aromatic heterocycles. The monoisotopic (exact) mass is 261 g/mol. The van der Waals surface area contributed by atoms with E-state index in [-0.39, 0.29) is 11.9 Å². The molecule has 6 heteroatoms. The van der Waals surface area contributed by atoms with Crippen molar-refractivity contribution in [2.75, 3.05) is 6.61 Å². The molecular formula is C12H14F3NO2. The summed E-state index contributed by atoms with van der Waals surface area (Å²) in [6.45, 7) is 0.306. The fourth-order valence-electron chi connectivity index (χ4n) is 1.51. The number of rotatable bonds is 5. The van der Waals surface area contributed by atoms with Crippen LogP contribution in [0.2, 0.25) is 0 Å². The zero-order chi connectivity index (χ0) is 13.2. The van der Waals surface area contributed by atoms with Crippen molar-refractivity contribution in [1.82, 2.24) is 0 Å². The van der Waals surface area contributed by atoms with Gasteiger partial charge in [-0.1, -0.05) is 12.1 Å². The molecule has 0 spiro atoms. The molecule has 2 rings (SSSR count). The first-order valence-corrected chi connectivity index (χ1v) is 5.67. The van der Waals surface area contributed by atoms with Gasteiger partial charge in [0.1, 0.15) is 5.75 Å². The van der Waals surface area contributed by atoms with Crippen LogP contribution in [-0.4, -0.2) is 19.1 Å². The van der Waals surface area contributed by atoms with E-state index in [1.807, 2.05) is 0 Å². The van der Waals surface area contributed by atoms with E-state index in [2.05, 4.69) is 4.74 Å². The molecule has 2 N–H and O–H groups in total. The minimum Gasteiger partial charge on any atom is -0.406 e. The molecule has 0 radical (unpaired) electrons. The standard InChI is InChI=1S/C12H14F3NO2/c13-12(14,15)18-10-3-1-2-8(6-10)11(16)7-17-9-4-5-9/h1-3,6,9,11H,4-5,7,16H2/t11-/m0/s1. The summed E-state index contributed by atoms with van der Waals surface area (Å²) in [6.07, 6.45) is -2.35. The lowest BCUT2D eigenvalue weighted by atomic mass is 10.1. The zero-order valence-corrected chi connectivity index (χ0v) is 9.61. The maximum atomic E-state index is 12.1. The predicted octanol–water partition coefficient (Wildman–Crippen LogP) is 2.76. The summed E-state index contributed by atoms with van der Waals surface area (Å²) >= 11 is 0. The maximum absolute atomic E-state index is 12.1. The van der Waals surface area contributed by atoms with Gasteiger partial charge in [-0.2, -0.15) is 0 Å². The van der Waals surface area contributed by atoms with Gasteiger partial charge in [-0.25, -0.2) is 0 Å². The van der Waals surface area contributed by atoms with Crippen LogP contribution in [-0.2, 0) is 4.74 Å². The molecule has 1 aliphatic rings. The molecule has 1 aromatic rings. The van der Waals surface area contributed by atoms with E-state index >= 15 is 0 Å². The molecule has 100 valence electrons.